The standard InChI is InChI=1S/C19H15Cl2FN4O2/c20-8-1-2-10-12(7-8)25-18(28)19(10)14(9-3-5-23-16(21)15(9)22)13-11(26-19)4-6-24-17(13)27/h1-3,5,7,11,13-14,26H,4,6H2,(H,24,27)(H,25,28)/t11-,13+,14-,19+/m0/s1. The zero-order valence-electron chi connectivity index (χ0n) is 14.4. The van der Waals surface area contributed by atoms with Crippen LogP contribution in [0.25, 0.3) is 0 Å². The summed E-state index contributed by atoms with van der Waals surface area (Å²) in [5, 5.41) is 9.23. The van der Waals surface area contributed by atoms with Crippen LogP contribution in [0.4, 0.5) is 10.1 Å². The zero-order chi connectivity index (χ0) is 19.6. The number of piperidine rings is 1. The van der Waals surface area contributed by atoms with E-state index in [0.29, 0.717) is 29.2 Å². The number of rotatable bonds is 1. The van der Waals surface area contributed by atoms with Gasteiger partial charge in [-0.15, -0.1) is 0 Å². The molecule has 2 aromatic rings. The Balaban J connectivity index is 1.78. The molecule has 9 heteroatoms. The second kappa shape index (κ2) is 6.14. The van der Waals surface area contributed by atoms with Gasteiger partial charge in [-0.3, -0.25) is 14.9 Å². The number of pyridine rings is 1. The summed E-state index contributed by atoms with van der Waals surface area (Å²) >= 11 is 12.0. The molecule has 4 atom stereocenters. The van der Waals surface area contributed by atoms with E-state index < -0.39 is 23.2 Å². The normalized spacial score (nSPS) is 30.8. The Morgan fingerprint density at radius 3 is 2.86 bits per heavy atom. The maximum atomic E-state index is 15.0. The van der Waals surface area contributed by atoms with Gasteiger partial charge in [-0.1, -0.05) is 29.3 Å². The summed E-state index contributed by atoms with van der Waals surface area (Å²) in [5.41, 5.74) is 0.0775. The average Bonchev–Trinajstić information content (AvgIpc) is 3.14. The molecule has 0 bridgehead atoms. The fourth-order valence-corrected chi connectivity index (χ4v) is 5.22. The number of hydrogen-bond acceptors (Lipinski definition) is 4. The van der Waals surface area contributed by atoms with E-state index in [1.165, 1.54) is 12.3 Å². The van der Waals surface area contributed by atoms with Gasteiger partial charge in [0.2, 0.25) is 11.8 Å². The molecule has 2 amide bonds. The quantitative estimate of drug-likeness (QED) is 0.619. The van der Waals surface area contributed by atoms with E-state index in [9.17, 15) is 9.59 Å². The van der Waals surface area contributed by atoms with Gasteiger partial charge in [-0.25, -0.2) is 9.37 Å². The number of nitrogens with zero attached hydrogens (tertiary/aromatic N) is 1. The Morgan fingerprint density at radius 2 is 2.04 bits per heavy atom. The van der Waals surface area contributed by atoms with Crippen LogP contribution in [0.3, 0.4) is 0 Å². The molecule has 2 saturated heterocycles. The SMILES string of the molecule is O=C1NCC[C@@H]2N[C@@]3(C(=O)Nc4cc(Cl)ccc43)[C@@H](c3ccnc(Cl)c3F)[C@H]12. The highest BCUT2D eigenvalue weighted by atomic mass is 35.5. The molecule has 28 heavy (non-hydrogen) atoms. The largest absolute Gasteiger partial charge is 0.356 e. The van der Waals surface area contributed by atoms with E-state index >= 15 is 4.39 Å². The third-order valence-electron chi connectivity index (χ3n) is 5.95. The van der Waals surface area contributed by atoms with E-state index in [1.54, 1.807) is 18.2 Å². The van der Waals surface area contributed by atoms with Crippen LogP contribution in [0.1, 0.15) is 23.5 Å². The van der Waals surface area contributed by atoms with Crippen molar-refractivity contribution >= 4 is 40.7 Å². The van der Waals surface area contributed by atoms with E-state index in [0.717, 1.165) is 0 Å². The molecule has 2 fully saturated rings. The molecule has 5 rings (SSSR count). The van der Waals surface area contributed by atoms with Gasteiger partial charge in [-0.2, -0.15) is 0 Å². The van der Waals surface area contributed by atoms with Gasteiger partial charge < -0.3 is 10.6 Å². The summed E-state index contributed by atoms with van der Waals surface area (Å²) in [6.07, 6.45) is 2.02. The Morgan fingerprint density at radius 1 is 1.21 bits per heavy atom. The van der Waals surface area contributed by atoms with E-state index in [2.05, 4.69) is 20.9 Å². The fourth-order valence-electron chi connectivity index (χ4n) is 4.89. The minimum atomic E-state index is -1.30. The Labute approximate surface area is 169 Å². The zero-order valence-corrected chi connectivity index (χ0v) is 15.9. The van der Waals surface area contributed by atoms with Crippen LogP contribution in [0.2, 0.25) is 10.2 Å². The highest BCUT2D eigenvalue weighted by Gasteiger charge is 2.64. The predicted octanol–water partition coefficient (Wildman–Crippen LogP) is 2.57. The molecule has 0 saturated carbocycles. The van der Waals surface area contributed by atoms with Crippen LogP contribution < -0.4 is 16.0 Å². The van der Waals surface area contributed by atoms with Gasteiger partial charge in [0.15, 0.2) is 11.0 Å². The van der Waals surface area contributed by atoms with Crippen molar-refractivity contribution in [2.45, 2.75) is 23.9 Å². The first-order chi connectivity index (χ1) is 13.4. The van der Waals surface area contributed by atoms with Crippen molar-refractivity contribution in [3.8, 4) is 0 Å². The van der Waals surface area contributed by atoms with Gasteiger partial charge in [0, 0.05) is 41.0 Å². The monoisotopic (exact) mass is 420 g/mol. The van der Waals surface area contributed by atoms with Crippen LogP contribution >= 0.6 is 23.2 Å². The lowest BCUT2D eigenvalue weighted by molar-refractivity contribution is -0.127. The van der Waals surface area contributed by atoms with Crippen molar-refractivity contribution in [1.29, 1.82) is 0 Å². The number of carbonyl (C=O) groups is 2. The lowest BCUT2D eigenvalue weighted by atomic mass is 9.70. The van der Waals surface area contributed by atoms with Crippen molar-refractivity contribution in [1.82, 2.24) is 15.6 Å². The molecule has 3 aliphatic rings. The highest BCUT2D eigenvalue weighted by molar-refractivity contribution is 6.31. The molecule has 3 aliphatic heterocycles. The first kappa shape index (κ1) is 17.8. The van der Waals surface area contributed by atoms with Crippen molar-refractivity contribution in [3.63, 3.8) is 0 Å². The second-order valence-electron chi connectivity index (χ2n) is 7.29. The van der Waals surface area contributed by atoms with Crippen LogP contribution in [-0.4, -0.2) is 29.4 Å². The molecule has 144 valence electrons. The molecular weight excluding hydrogens is 406 g/mol. The number of anilines is 1. The van der Waals surface area contributed by atoms with Crippen molar-refractivity contribution < 1.29 is 14.0 Å². The molecule has 1 aromatic heterocycles. The van der Waals surface area contributed by atoms with Crippen molar-refractivity contribution in [3.05, 3.63) is 57.6 Å². The summed E-state index contributed by atoms with van der Waals surface area (Å²) in [7, 11) is 0. The number of amides is 2. The van der Waals surface area contributed by atoms with Gasteiger partial charge in [-0.05, 0) is 30.2 Å². The van der Waals surface area contributed by atoms with Gasteiger partial charge in [0.1, 0.15) is 5.54 Å². The number of hydrogen-bond donors (Lipinski definition) is 3. The van der Waals surface area contributed by atoms with Crippen LogP contribution in [0, 0.1) is 11.7 Å². The molecule has 1 aromatic carbocycles. The molecule has 0 radical (unpaired) electrons. The molecule has 0 aliphatic carbocycles. The predicted molar refractivity (Wildman–Crippen MR) is 102 cm³/mol. The topological polar surface area (TPSA) is 83.1 Å². The lowest BCUT2D eigenvalue weighted by Gasteiger charge is -2.32. The summed E-state index contributed by atoms with van der Waals surface area (Å²) in [6, 6.07) is 6.28. The first-order valence-corrected chi connectivity index (χ1v) is 9.66. The van der Waals surface area contributed by atoms with Gasteiger partial charge in [0.25, 0.3) is 0 Å². The maximum absolute atomic E-state index is 15.0. The van der Waals surface area contributed by atoms with Crippen LogP contribution in [-0.2, 0) is 15.1 Å². The molecular formula is C19H15Cl2FN4O2. The van der Waals surface area contributed by atoms with E-state index in [1.807, 2.05) is 0 Å². The summed E-state index contributed by atoms with van der Waals surface area (Å²) < 4.78 is 15.0. The number of nitrogens with one attached hydrogen (secondary N) is 3. The minimum absolute atomic E-state index is 0.190. The first-order valence-electron chi connectivity index (χ1n) is 8.90. The molecule has 1 spiro atoms. The third-order valence-corrected chi connectivity index (χ3v) is 6.45. The molecule has 3 N–H and O–H groups in total. The minimum Gasteiger partial charge on any atom is -0.356 e. The smallest absolute Gasteiger partial charge is 0.250 e. The molecule has 0 unspecified atom stereocenters. The van der Waals surface area contributed by atoms with E-state index in [4.69, 9.17) is 23.2 Å². The number of fused-ring (bicyclic) bond motifs is 3. The Kier molecular flexibility index (Phi) is 3.91. The van der Waals surface area contributed by atoms with Crippen molar-refractivity contribution in [2.75, 3.05) is 11.9 Å². The van der Waals surface area contributed by atoms with Gasteiger partial charge in [0.05, 0.1) is 5.92 Å². The maximum Gasteiger partial charge on any atom is 0.250 e. The summed E-state index contributed by atoms with van der Waals surface area (Å²) in [4.78, 5) is 29.8. The number of halogens is 3. The number of benzene rings is 1. The highest BCUT2D eigenvalue weighted by Crippen LogP contribution is 2.55. The second-order valence-corrected chi connectivity index (χ2v) is 8.09. The van der Waals surface area contributed by atoms with E-state index in [-0.39, 0.29) is 28.6 Å². The molecule has 4 heterocycles. The molecule has 6 nitrogen and oxygen atoms in total. The van der Waals surface area contributed by atoms with Crippen LogP contribution in [0.5, 0.6) is 0 Å². The lowest BCUT2D eigenvalue weighted by Crippen LogP contribution is -2.49. The number of aromatic nitrogens is 1. The number of carbonyl (C=O) groups excluding carboxylic acids is 2. The average molecular weight is 421 g/mol. The van der Waals surface area contributed by atoms with Crippen molar-refractivity contribution in [2.24, 2.45) is 5.92 Å². The summed E-state index contributed by atoms with van der Waals surface area (Å²) in [6.45, 7) is 0.491. The Bertz CT molecular complexity index is 1030. The third kappa shape index (κ3) is 2.27. The van der Waals surface area contributed by atoms with Crippen LogP contribution in [0.15, 0.2) is 30.5 Å². The summed E-state index contributed by atoms with van der Waals surface area (Å²) in [5.74, 6) is -2.70. The Hall–Kier alpha value is -2.22. The fraction of sp³-hybridized carbons (Fsp3) is 0.316. The van der Waals surface area contributed by atoms with Gasteiger partial charge >= 0.3 is 0 Å².